The van der Waals surface area contributed by atoms with E-state index in [2.05, 4.69) is 8.75 Å². The van der Waals surface area contributed by atoms with Gasteiger partial charge < -0.3 is 4.74 Å². The Morgan fingerprint density at radius 2 is 1.79 bits per heavy atom. The number of carbonyl (C=O) groups is 1. The molecule has 39 heavy (non-hydrogen) atoms. The maximum absolute atomic E-state index is 13.5. The van der Waals surface area contributed by atoms with E-state index in [0.29, 0.717) is 41.6 Å². The number of hydrogen-bond donors (Lipinski definition) is 0. The van der Waals surface area contributed by atoms with E-state index in [0.717, 1.165) is 29.4 Å². The van der Waals surface area contributed by atoms with Crippen molar-refractivity contribution < 1.29 is 31.1 Å². The van der Waals surface area contributed by atoms with Gasteiger partial charge in [0.05, 0.1) is 23.3 Å². The minimum atomic E-state index is -4.39. The highest BCUT2D eigenvalue weighted by atomic mass is 32.2. The lowest BCUT2D eigenvalue weighted by atomic mass is 10.0. The van der Waals surface area contributed by atoms with E-state index >= 15 is 0 Å². The summed E-state index contributed by atoms with van der Waals surface area (Å²) in [7, 11) is -3.93. The Labute approximate surface area is 227 Å². The summed E-state index contributed by atoms with van der Waals surface area (Å²) in [6.07, 6.45) is -2.79. The average molecular weight is 576 g/mol. The predicted octanol–water partition coefficient (Wildman–Crippen LogP) is 5.64. The van der Waals surface area contributed by atoms with Crippen LogP contribution in [0.3, 0.4) is 0 Å². The van der Waals surface area contributed by atoms with Crippen LogP contribution in [-0.4, -0.2) is 39.8 Å². The smallest absolute Gasteiger partial charge is 0.416 e. The fourth-order valence-electron chi connectivity index (χ4n) is 4.65. The maximum atomic E-state index is 13.5. The number of alkyl halides is 3. The molecule has 1 atom stereocenters. The summed E-state index contributed by atoms with van der Waals surface area (Å²) >= 11 is 0.942. The Hall–Kier alpha value is -3.35. The number of Topliss-reactive ketones (excluding diaryl/α,β-unsaturated/α-hetero) is 1. The van der Waals surface area contributed by atoms with Gasteiger partial charge in [0.25, 0.3) is 0 Å². The van der Waals surface area contributed by atoms with Crippen molar-refractivity contribution in [3.8, 4) is 5.75 Å². The molecule has 0 bridgehead atoms. The lowest BCUT2D eigenvalue weighted by molar-refractivity contribution is -0.137. The first-order valence-corrected chi connectivity index (χ1v) is 14.4. The summed E-state index contributed by atoms with van der Waals surface area (Å²) in [4.78, 5) is 13.2. The van der Waals surface area contributed by atoms with E-state index in [1.165, 1.54) is 22.5 Å². The molecule has 4 aromatic rings. The molecule has 3 aromatic carbocycles. The van der Waals surface area contributed by atoms with Crippen molar-refractivity contribution in [2.24, 2.45) is 0 Å². The Balaban J connectivity index is 1.21. The first-order valence-electron chi connectivity index (χ1n) is 12.3. The number of nitrogens with zero attached hydrogens (tertiary/aromatic N) is 3. The molecule has 1 aliphatic rings. The quantitative estimate of drug-likeness (QED) is 0.257. The van der Waals surface area contributed by atoms with Crippen LogP contribution < -0.4 is 4.74 Å². The number of hydrogen-bond acceptors (Lipinski definition) is 7. The van der Waals surface area contributed by atoms with Gasteiger partial charge in [-0.15, -0.1) is 0 Å². The summed E-state index contributed by atoms with van der Waals surface area (Å²) in [5.41, 5.74) is 1.52. The van der Waals surface area contributed by atoms with Gasteiger partial charge >= 0.3 is 6.18 Å². The van der Waals surface area contributed by atoms with E-state index in [4.69, 9.17) is 4.74 Å². The van der Waals surface area contributed by atoms with Crippen molar-refractivity contribution in [2.45, 2.75) is 49.4 Å². The average Bonchev–Trinajstić information content (AvgIpc) is 3.61. The third kappa shape index (κ3) is 5.97. The van der Waals surface area contributed by atoms with Crippen LogP contribution in [0.2, 0.25) is 0 Å². The van der Waals surface area contributed by atoms with Crippen LogP contribution >= 0.6 is 11.7 Å². The molecular formula is C27H24F3N3O4S2. The van der Waals surface area contributed by atoms with E-state index in [1.807, 2.05) is 6.07 Å². The van der Waals surface area contributed by atoms with Gasteiger partial charge in [0, 0.05) is 13.0 Å². The Morgan fingerprint density at radius 3 is 2.56 bits per heavy atom. The summed E-state index contributed by atoms with van der Waals surface area (Å²) < 4.78 is 80.5. The van der Waals surface area contributed by atoms with Gasteiger partial charge in [-0.25, -0.2) is 8.42 Å². The van der Waals surface area contributed by atoms with E-state index in [-0.39, 0.29) is 30.3 Å². The Bertz CT molecular complexity index is 1590. The van der Waals surface area contributed by atoms with Gasteiger partial charge in [-0.3, -0.25) is 4.79 Å². The summed E-state index contributed by atoms with van der Waals surface area (Å²) in [5.74, 6) is 0.366. The monoisotopic (exact) mass is 575 g/mol. The van der Waals surface area contributed by atoms with Crippen LogP contribution in [-0.2, 0) is 34.0 Å². The molecule has 0 unspecified atom stereocenters. The van der Waals surface area contributed by atoms with Gasteiger partial charge in [-0.2, -0.15) is 26.2 Å². The van der Waals surface area contributed by atoms with Crippen LogP contribution in [0.25, 0.3) is 11.0 Å². The van der Waals surface area contributed by atoms with Gasteiger partial charge in [0.2, 0.25) is 10.0 Å². The Kier molecular flexibility index (Phi) is 7.70. The molecule has 2 heterocycles. The lowest BCUT2D eigenvalue weighted by Gasteiger charge is -2.23. The number of rotatable bonds is 9. The zero-order valence-electron chi connectivity index (χ0n) is 20.6. The highest BCUT2D eigenvalue weighted by Gasteiger charge is 2.40. The molecule has 1 aromatic heterocycles. The number of carbonyl (C=O) groups excluding carboxylic acids is 1. The largest absolute Gasteiger partial charge is 0.489 e. The normalized spacial score (nSPS) is 16.5. The molecule has 5 rings (SSSR count). The molecule has 0 saturated carbocycles. The number of ketones is 1. The van der Waals surface area contributed by atoms with Gasteiger partial charge in [-0.05, 0) is 66.8 Å². The fraction of sp³-hybridized carbons (Fsp3) is 0.296. The summed E-state index contributed by atoms with van der Waals surface area (Å²) in [6.45, 7) is 0.358. The van der Waals surface area contributed by atoms with Crippen molar-refractivity contribution in [3.05, 3.63) is 83.4 Å². The standard InChI is InChI=1S/C27H24F3N3O4S2/c28-27(29,30)20-12-9-19(10-13-20)17-37-21-5-1-4-18(16-21)11-14-24(34)23-7-3-15-33(23)39(35,36)25-8-2-6-22-26(25)32-38-31-22/h1-2,4-6,8-10,12-13,16,23H,3,7,11,14-15,17H2/t23-/m0/s1. The lowest BCUT2D eigenvalue weighted by Crippen LogP contribution is -2.40. The molecular weight excluding hydrogens is 551 g/mol. The number of aromatic nitrogens is 2. The predicted molar refractivity (Wildman–Crippen MR) is 140 cm³/mol. The first-order chi connectivity index (χ1) is 18.6. The number of halogens is 3. The molecule has 0 radical (unpaired) electrons. The van der Waals surface area contributed by atoms with Crippen molar-refractivity contribution >= 4 is 38.6 Å². The molecule has 12 heteroatoms. The maximum Gasteiger partial charge on any atom is 0.416 e. The van der Waals surface area contributed by atoms with Gasteiger partial charge in [-0.1, -0.05) is 30.3 Å². The molecule has 1 saturated heterocycles. The third-order valence-corrected chi connectivity index (χ3v) is 9.14. The highest BCUT2D eigenvalue weighted by Crippen LogP contribution is 2.31. The summed E-state index contributed by atoms with van der Waals surface area (Å²) in [5, 5.41) is 0. The van der Waals surface area contributed by atoms with Crippen LogP contribution in [0, 0.1) is 0 Å². The van der Waals surface area contributed by atoms with E-state index in [9.17, 15) is 26.4 Å². The molecule has 1 aliphatic heterocycles. The molecule has 7 nitrogen and oxygen atoms in total. The van der Waals surface area contributed by atoms with Crippen LogP contribution in [0.5, 0.6) is 5.75 Å². The molecule has 0 amide bonds. The van der Waals surface area contributed by atoms with Crippen LogP contribution in [0.15, 0.2) is 71.6 Å². The minimum absolute atomic E-state index is 0.0614. The number of fused-ring (bicyclic) bond motifs is 1. The van der Waals surface area contributed by atoms with Crippen molar-refractivity contribution in [2.75, 3.05) is 6.54 Å². The topological polar surface area (TPSA) is 89.5 Å². The van der Waals surface area contributed by atoms with Crippen molar-refractivity contribution in [1.82, 2.24) is 13.1 Å². The second-order valence-electron chi connectivity index (χ2n) is 9.26. The SMILES string of the molecule is O=C(CCc1cccc(OCc2ccc(C(F)(F)F)cc2)c1)[C@@H]1CCCN1S(=O)(=O)c1cccc2nsnc12. The molecule has 0 spiro atoms. The Morgan fingerprint density at radius 1 is 1.03 bits per heavy atom. The van der Waals surface area contributed by atoms with Gasteiger partial charge in [0.15, 0.2) is 5.78 Å². The highest BCUT2D eigenvalue weighted by molar-refractivity contribution is 7.89. The minimum Gasteiger partial charge on any atom is -0.489 e. The van der Waals surface area contributed by atoms with Crippen LogP contribution in [0.1, 0.15) is 36.0 Å². The fourth-order valence-corrected chi connectivity index (χ4v) is 7.08. The van der Waals surface area contributed by atoms with Crippen molar-refractivity contribution in [3.63, 3.8) is 0 Å². The third-order valence-electron chi connectivity index (χ3n) is 6.66. The number of aryl methyl sites for hydroxylation is 1. The molecule has 0 N–H and O–H groups in total. The number of sulfonamides is 1. The number of benzene rings is 3. The second kappa shape index (κ2) is 11.0. The summed E-state index contributed by atoms with van der Waals surface area (Å²) in [6, 6.07) is 16.0. The van der Waals surface area contributed by atoms with Crippen LogP contribution in [0.4, 0.5) is 13.2 Å². The van der Waals surface area contributed by atoms with E-state index < -0.39 is 27.8 Å². The zero-order chi connectivity index (χ0) is 27.6. The first kappa shape index (κ1) is 27.2. The number of ether oxygens (including phenoxy) is 1. The van der Waals surface area contributed by atoms with E-state index in [1.54, 1.807) is 30.3 Å². The molecule has 1 fully saturated rings. The van der Waals surface area contributed by atoms with Gasteiger partial charge in [0.1, 0.15) is 28.3 Å². The zero-order valence-corrected chi connectivity index (χ0v) is 22.2. The molecule has 204 valence electrons. The second-order valence-corrected chi connectivity index (χ2v) is 11.6. The molecule has 0 aliphatic carbocycles. The van der Waals surface area contributed by atoms with Crippen molar-refractivity contribution in [1.29, 1.82) is 0 Å².